The molecule has 24 heavy (non-hydrogen) atoms. The Kier molecular flexibility index (Phi) is 5.08. The molecule has 0 aromatic heterocycles. The average molecular weight is 336 g/mol. The molecule has 1 heterocycles. The fourth-order valence-electron chi connectivity index (χ4n) is 2.41. The van der Waals surface area contributed by atoms with Crippen LogP contribution in [0, 0.1) is 0 Å². The Morgan fingerprint density at radius 3 is 2.46 bits per heavy atom. The number of hydrogen-bond acceptors (Lipinski definition) is 7. The molecular weight excluding hydrogens is 316 g/mol. The Balaban J connectivity index is 1.98. The Hall–Kier alpha value is -2.61. The number of aromatic hydroxyl groups is 2. The number of phenolic OH excluding ortho intramolecular Hbond substituents is 2. The summed E-state index contributed by atoms with van der Waals surface area (Å²) in [5.41, 5.74) is 5.06. The largest absolute Gasteiger partial charge is 0.504 e. The number of esters is 1. The zero-order valence-electron chi connectivity index (χ0n) is 13.3. The Morgan fingerprint density at radius 2 is 1.88 bits per heavy atom. The summed E-state index contributed by atoms with van der Waals surface area (Å²) in [6, 6.07) is 4.10. The highest BCUT2D eigenvalue weighted by Gasteiger charge is 2.33. The summed E-state index contributed by atoms with van der Waals surface area (Å²) in [6.07, 6.45) is 1.04. The van der Waals surface area contributed by atoms with Gasteiger partial charge in [0.2, 0.25) is 11.8 Å². The molecule has 1 aromatic rings. The van der Waals surface area contributed by atoms with Gasteiger partial charge in [0, 0.05) is 19.3 Å². The molecular formula is C16H20N2O6. The third-order valence-electron chi connectivity index (χ3n) is 3.79. The minimum Gasteiger partial charge on any atom is -0.504 e. The topological polar surface area (TPSA) is 130 Å². The van der Waals surface area contributed by atoms with Crippen molar-refractivity contribution < 1.29 is 29.3 Å². The van der Waals surface area contributed by atoms with Gasteiger partial charge in [-0.25, -0.2) is 9.69 Å². The lowest BCUT2D eigenvalue weighted by Crippen LogP contribution is -2.50. The second-order valence-corrected chi connectivity index (χ2v) is 6.05. The molecule has 0 radical (unpaired) electrons. The Morgan fingerprint density at radius 1 is 1.25 bits per heavy atom. The van der Waals surface area contributed by atoms with Gasteiger partial charge in [0.1, 0.15) is 5.54 Å². The summed E-state index contributed by atoms with van der Waals surface area (Å²) in [5.74, 6) is -2.12. The summed E-state index contributed by atoms with van der Waals surface area (Å²) >= 11 is 0. The molecule has 130 valence electrons. The molecule has 8 heteroatoms. The number of nitrogens with two attached hydrogens (primary N) is 1. The highest BCUT2D eigenvalue weighted by molar-refractivity contribution is 5.97. The van der Waals surface area contributed by atoms with E-state index in [1.165, 1.54) is 25.1 Å². The van der Waals surface area contributed by atoms with Gasteiger partial charge in [0.05, 0.1) is 0 Å². The van der Waals surface area contributed by atoms with Crippen molar-refractivity contribution in [3.63, 3.8) is 0 Å². The second-order valence-electron chi connectivity index (χ2n) is 6.05. The number of likely N-dealkylation sites (tertiary alicyclic amines) is 1. The van der Waals surface area contributed by atoms with Crippen LogP contribution in [0.15, 0.2) is 18.2 Å². The van der Waals surface area contributed by atoms with Gasteiger partial charge >= 0.3 is 5.97 Å². The first kappa shape index (κ1) is 17.7. The monoisotopic (exact) mass is 336 g/mol. The summed E-state index contributed by atoms with van der Waals surface area (Å²) in [7, 11) is 0. The molecule has 2 rings (SSSR count). The van der Waals surface area contributed by atoms with E-state index in [4.69, 9.17) is 10.5 Å². The predicted molar refractivity (Wildman–Crippen MR) is 82.7 cm³/mol. The van der Waals surface area contributed by atoms with Crippen LogP contribution in [0.5, 0.6) is 11.5 Å². The van der Waals surface area contributed by atoms with Crippen molar-refractivity contribution >= 4 is 17.8 Å². The van der Waals surface area contributed by atoms with Gasteiger partial charge in [-0.2, -0.15) is 0 Å². The van der Waals surface area contributed by atoms with Crippen LogP contribution in [0.3, 0.4) is 0 Å². The number of benzene rings is 1. The Bertz CT molecular complexity index is 655. The number of piperidine rings is 1. The molecule has 8 nitrogen and oxygen atoms in total. The maximum atomic E-state index is 12.2. The van der Waals surface area contributed by atoms with Crippen molar-refractivity contribution in [2.75, 3.05) is 6.73 Å². The minimum absolute atomic E-state index is 0.0432. The van der Waals surface area contributed by atoms with E-state index in [9.17, 15) is 24.6 Å². The van der Waals surface area contributed by atoms with Crippen LogP contribution in [-0.2, 0) is 25.5 Å². The van der Waals surface area contributed by atoms with Gasteiger partial charge in [-0.15, -0.1) is 0 Å². The first-order chi connectivity index (χ1) is 11.2. The van der Waals surface area contributed by atoms with E-state index < -0.39 is 18.2 Å². The molecule has 1 fully saturated rings. The Labute approximate surface area is 138 Å². The SMILES string of the molecule is C[C@](N)(Cc1ccc(O)c(O)c1)C(=O)OCN1C(=O)CCCC1=O. The van der Waals surface area contributed by atoms with Gasteiger partial charge in [0.15, 0.2) is 18.2 Å². The molecule has 4 N–H and O–H groups in total. The van der Waals surface area contributed by atoms with Crippen molar-refractivity contribution in [1.29, 1.82) is 0 Å². The molecule has 0 spiro atoms. The molecule has 0 unspecified atom stereocenters. The predicted octanol–water partition coefficient (Wildman–Crippen LogP) is 0.397. The third-order valence-corrected chi connectivity index (χ3v) is 3.79. The van der Waals surface area contributed by atoms with Crippen LogP contribution in [0.25, 0.3) is 0 Å². The lowest BCUT2D eigenvalue weighted by atomic mass is 9.94. The zero-order chi connectivity index (χ0) is 17.9. The van der Waals surface area contributed by atoms with Crippen LogP contribution >= 0.6 is 0 Å². The van der Waals surface area contributed by atoms with Gasteiger partial charge < -0.3 is 20.7 Å². The second kappa shape index (κ2) is 6.88. The van der Waals surface area contributed by atoms with Crippen molar-refractivity contribution in [2.24, 2.45) is 5.73 Å². The van der Waals surface area contributed by atoms with Gasteiger partial charge in [-0.1, -0.05) is 6.07 Å². The zero-order valence-corrected chi connectivity index (χ0v) is 13.3. The quantitative estimate of drug-likeness (QED) is 0.403. The van der Waals surface area contributed by atoms with E-state index in [1.807, 2.05) is 0 Å². The number of ether oxygens (including phenoxy) is 1. The number of nitrogens with zero attached hydrogens (tertiary/aromatic N) is 1. The smallest absolute Gasteiger partial charge is 0.327 e. The summed E-state index contributed by atoms with van der Waals surface area (Å²) in [6.45, 7) is 0.989. The summed E-state index contributed by atoms with van der Waals surface area (Å²) in [4.78, 5) is 36.4. The van der Waals surface area contributed by atoms with Crippen LogP contribution in [-0.4, -0.2) is 45.2 Å². The summed E-state index contributed by atoms with van der Waals surface area (Å²) in [5, 5.41) is 18.8. The molecule has 0 aliphatic carbocycles. The number of carbonyl (C=O) groups excluding carboxylic acids is 3. The van der Waals surface area contributed by atoms with Crippen LogP contribution in [0.2, 0.25) is 0 Å². The molecule has 0 saturated carbocycles. The van der Waals surface area contributed by atoms with Gasteiger partial charge in [-0.3, -0.25) is 9.59 Å². The molecule has 2 amide bonds. The maximum absolute atomic E-state index is 12.2. The van der Waals surface area contributed by atoms with Crippen molar-refractivity contribution in [2.45, 2.75) is 38.1 Å². The van der Waals surface area contributed by atoms with E-state index in [1.54, 1.807) is 0 Å². The standard InChI is InChI=1S/C16H20N2O6/c1-16(17,8-10-5-6-11(19)12(20)7-10)15(23)24-9-18-13(21)3-2-4-14(18)22/h5-7,19-20H,2-4,8-9,17H2,1H3/t16-/m0/s1. The molecule has 1 aromatic carbocycles. The number of amides is 2. The van der Waals surface area contributed by atoms with E-state index in [0.717, 1.165) is 4.90 Å². The minimum atomic E-state index is -1.43. The van der Waals surface area contributed by atoms with Crippen molar-refractivity contribution in [3.8, 4) is 11.5 Å². The highest BCUT2D eigenvalue weighted by atomic mass is 16.5. The molecule has 1 aliphatic rings. The van der Waals surface area contributed by atoms with E-state index in [2.05, 4.69) is 0 Å². The van der Waals surface area contributed by atoms with E-state index in [-0.39, 0.29) is 42.6 Å². The first-order valence-electron chi connectivity index (χ1n) is 7.51. The number of phenols is 2. The summed E-state index contributed by atoms with van der Waals surface area (Å²) < 4.78 is 5.02. The lowest BCUT2D eigenvalue weighted by Gasteiger charge is -2.27. The van der Waals surface area contributed by atoms with Gasteiger partial charge in [0.25, 0.3) is 0 Å². The van der Waals surface area contributed by atoms with E-state index >= 15 is 0 Å². The average Bonchev–Trinajstić information content (AvgIpc) is 2.50. The molecule has 1 aliphatic heterocycles. The number of hydrogen-bond donors (Lipinski definition) is 3. The van der Waals surface area contributed by atoms with Crippen LogP contribution in [0.4, 0.5) is 0 Å². The number of rotatable bonds is 5. The van der Waals surface area contributed by atoms with Crippen LogP contribution in [0.1, 0.15) is 31.7 Å². The maximum Gasteiger partial charge on any atom is 0.327 e. The fourth-order valence-corrected chi connectivity index (χ4v) is 2.41. The van der Waals surface area contributed by atoms with E-state index in [0.29, 0.717) is 12.0 Å². The van der Waals surface area contributed by atoms with Gasteiger partial charge in [-0.05, 0) is 31.0 Å². The van der Waals surface area contributed by atoms with Crippen molar-refractivity contribution in [1.82, 2.24) is 4.90 Å². The molecule has 1 saturated heterocycles. The lowest BCUT2D eigenvalue weighted by molar-refractivity contribution is -0.164. The van der Waals surface area contributed by atoms with Crippen LogP contribution < -0.4 is 5.73 Å². The molecule has 1 atom stereocenters. The third kappa shape index (κ3) is 4.02. The molecule has 0 bridgehead atoms. The highest BCUT2D eigenvalue weighted by Crippen LogP contribution is 2.26. The number of carbonyl (C=O) groups is 3. The number of imide groups is 1. The van der Waals surface area contributed by atoms with Crippen molar-refractivity contribution in [3.05, 3.63) is 23.8 Å². The first-order valence-corrected chi connectivity index (χ1v) is 7.51. The normalized spacial score (nSPS) is 17.5. The fraction of sp³-hybridized carbons (Fsp3) is 0.438.